The highest BCUT2D eigenvalue weighted by molar-refractivity contribution is 6.50. The van der Waals surface area contributed by atoms with Crippen LogP contribution in [0.15, 0.2) is 18.2 Å². The molecule has 1 aromatic carbocycles. The first-order chi connectivity index (χ1) is 4.22. The third kappa shape index (κ3) is 2.34. The average Bonchev–Trinajstić information content (AvgIpc) is 1.83. The van der Waals surface area contributed by atoms with E-state index in [1.807, 2.05) is 12.1 Å². The van der Waals surface area contributed by atoms with Gasteiger partial charge in [0.1, 0.15) is 0 Å². The number of hydrogen-bond donors (Lipinski definition) is 0. The topological polar surface area (TPSA) is 0 Å². The first kappa shape index (κ1) is 10.6. The van der Waals surface area contributed by atoms with Crippen LogP contribution >= 0.6 is 35.6 Å². The Kier molecular flexibility index (Phi) is 4.77. The first-order valence-electron chi connectivity index (χ1n) is 2.62. The summed E-state index contributed by atoms with van der Waals surface area (Å²) < 4.78 is 1.16. The summed E-state index contributed by atoms with van der Waals surface area (Å²) in [6.45, 7) is 0. The molecule has 0 heterocycles. The van der Waals surface area contributed by atoms with Crippen LogP contribution in [0.5, 0.6) is 0 Å². The Morgan fingerprint density at radius 2 is 1.80 bits per heavy atom. The van der Waals surface area contributed by atoms with Gasteiger partial charge in [-0.3, -0.25) is 0 Å². The Morgan fingerprint density at radius 1 is 1.20 bits per heavy atom. The van der Waals surface area contributed by atoms with E-state index in [0.29, 0.717) is 10.0 Å². The molecule has 0 atom stereocenters. The van der Waals surface area contributed by atoms with Crippen LogP contribution in [0, 0.1) is 0 Å². The fourth-order valence-corrected chi connectivity index (χ4v) is 1.58. The molecule has 1 rings (SSSR count). The van der Waals surface area contributed by atoms with Crippen LogP contribution in [0.1, 0.15) is 0 Å². The van der Waals surface area contributed by atoms with Gasteiger partial charge in [0.05, 0.1) is 5.02 Å². The van der Waals surface area contributed by atoms with Gasteiger partial charge < -0.3 is 0 Å². The molecule has 0 N–H and O–H groups in total. The fraction of sp³-hybridized carbons (Fsp3) is 0. The molecule has 0 saturated carbocycles. The Balaban J connectivity index is 0.000000810. The zero-order valence-electron chi connectivity index (χ0n) is 5.40. The van der Waals surface area contributed by atoms with Gasteiger partial charge in [-0.15, -0.1) is 16.8 Å². The van der Waals surface area contributed by atoms with E-state index in [2.05, 4.69) is 0 Å². The van der Waals surface area contributed by atoms with Crippen molar-refractivity contribution in [3.8, 4) is 0 Å². The Morgan fingerprint density at radius 3 is 2.20 bits per heavy atom. The Bertz CT molecular complexity index is 204. The predicted molar refractivity (Wildman–Crippen MR) is 51.9 cm³/mol. The van der Waals surface area contributed by atoms with Gasteiger partial charge in [0.25, 0.3) is 16.3 Å². The minimum absolute atomic E-state index is 0. The van der Waals surface area contributed by atoms with Crippen molar-refractivity contribution in [3.63, 3.8) is 0 Å². The summed E-state index contributed by atoms with van der Waals surface area (Å²) in [6, 6.07) is 5.70. The van der Waals surface area contributed by atoms with Crippen LogP contribution in [0.4, 0.5) is 0 Å². The zero-order valence-corrected chi connectivity index (χ0v) is 9.72. The zero-order chi connectivity index (χ0) is 6.85. The summed E-state index contributed by atoms with van der Waals surface area (Å²) in [4.78, 5) is 0. The molecule has 1 aromatic rings. The molecule has 0 aliphatic rings. The van der Waals surface area contributed by atoms with E-state index in [9.17, 15) is 0 Å². The van der Waals surface area contributed by atoms with Gasteiger partial charge in [0.15, 0.2) is 0 Å². The lowest BCUT2D eigenvalue weighted by Gasteiger charge is -1.96. The molecule has 0 radical (unpaired) electrons. The van der Waals surface area contributed by atoms with E-state index in [1.54, 1.807) is 6.07 Å². The molecule has 0 saturated heterocycles. The molecule has 0 spiro atoms. The molecule has 54 valence electrons. The van der Waals surface area contributed by atoms with Crippen molar-refractivity contribution in [2.24, 2.45) is 0 Å². The molecule has 0 aliphatic heterocycles. The van der Waals surface area contributed by atoms with Crippen LogP contribution in [0.3, 0.4) is 0 Å². The SMILES string of the molecule is Cl.[AlH2][c]1cccc(Cl)c1Cl. The lowest BCUT2D eigenvalue weighted by atomic mass is 10.4. The van der Waals surface area contributed by atoms with Crippen molar-refractivity contribution in [2.45, 2.75) is 0 Å². The molecular weight excluding hydrogens is 205 g/mol. The smallest absolute Gasteiger partial charge is 0.147 e. The standard InChI is InChI=1S/C6H3Cl2.Al.ClH.2H/c7-5-3-1-2-4-6(5)8;;;;/h1-3H;;1H;;. The maximum atomic E-state index is 5.78. The normalized spacial score (nSPS) is 8.60. The molecule has 0 unspecified atom stereocenters. The van der Waals surface area contributed by atoms with Gasteiger partial charge in [-0.05, 0) is 6.07 Å². The van der Waals surface area contributed by atoms with E-state index in [1.165, 1.54) is 0 Å². The molecule has 0 fully saturated rings. The maximum Gasteiger partial charge on any atom is 0.261 e. The number of rotatable bonds is 0. The number of hydrogen-bond acceptors (Lipinski definition) is 0. The van der Waals surface area contributed by atoms with Crippen LogP contribution in [-0.2, 0) is 0 Å². The minimum atomic E-state index is 0. The highest BCUT2D eigenvalue weighted by Crippen LogP contribution is 2.17. The monoisotopic (exact) mass is 210 g/mol. The van der Waals surface area contributed by atoms with Crippen molar-refractivity contribution < 1.29 is 0 Å². The van der Waals surface area contributed by atoms with Gasteiger partial charge in [0.2, 0.25) is 0 Å². The molecule has 10 heavy (non-hydrogen) atoms. The van der Waals surface area contributed by atoms with Crippen LogP contribution in [0.25, 0.3) is 0 Å². The summed E-state index contributed by atoms with van der Waals surface area (Å²) in [5, 5.41) is 1.37. The Hall–Kier alpha value is 0.622. The number of benzene rings is 1. The van der Waals surface area contributed by atoms with Crippen LogP contribution < -0.4 is 4.43 Å². The molecule has 0 nitrogen and oxygen atoms in total. The second-order valence-corrected chi connectivity index (χ2v) is 3.73. The van der Waals surface area contributed by atoms with Crippen LogP contribution in [-0.4, -0.2) is 16.3 Å². The molecule has 0 amide bonds. The third-order valence-corrected chi connectivity index (χ3v) is 3.21. The average molecular weight is 211 g/mol. The van der Waals surface area contributed by atoms with E-state index < -0.39 is 0 Å². The molecular formula is C6H6AlCl3. The van der Waals surface area contributed by atoms with Gasteiger partial charge in [-0.2, -0.15) is 0 Å². The van der Waals surface area contributed by atoms with Crippen molar-refractivity contribution in [1.82, 2.24) is 0 Å². The summed E-state index contributed by atoms with van der Waals surface area (Å²) in [5.41, 5.74) is 0. The second kappa shape index (κ2) is 4.49. The summed E-state index contributed by atoms with van der Waals surface area (Å²) in [6.07, 6.45) is 0. The summed E-state index contributed by atoms with van der Waals surface area (Å²) in [5.74, 6) is 0. The lowest BCUT2D eigenvalue weighted by Crippen LogP contribution is -2.02. The second-order valence-electron chi connectivity index (χ2n) is 1.87. The fourth-order valence-electron chi connectivity index (χ4n) is 0.612. The van der Waals surface area contributed by atoms with Crippen molar-refractivity contribution in [1.29, 1.82) is 0 Å². The van der Waals surface area contributed by atoms with E-state index >= 15 is 0 Å². The van der Waals surface area contributed by atoms with Crippen molar-refractivity contribution in [2.75, 3.05) is 0 Å². The van der Waals surface area contributed by atoms with Crippen LogP contribution in [0.2, 0.25) is 10.0 Å². The molecule has 0 aliphatic carbocycles. The number of halogens is 3. The van der Waals surface area contributed by atoms with Crippen molar-refractivity contribution in [3.05, 3.63) is 28.2 Å². The van der Waals surface area contributed by atoms with E-state index in [4.69, 9.17) is 23.2 Å². The summed E-state index contributed by atoms with van der Waals surface area (Å²) in [7, 11) is 0. The molecule has 0 aromatic heterocycles. The molecule has 0 bridgehead atoms. The summed E-state index contributed by atoms with van der Waals surface area (Å²) >= 11 is 12.4. The van der Waals surface area contributed by atoms with Gasteiger partial charge in [-0.1, -0.05) is 35.3 Å². The van der Waals surface area contributed by atoms with E-state index in [0.717, 1.165) is 20.7 Å². The molecule has 4 heteroatoms. The lowest BCUT2D eigenvalue weighted by molar-refractivity contribution is 1.76. The highest BCUT2D eigenvalue weighted by atomic mass is 35.5. The third-order valence-electron chi connectivity index (χ3n) is 1.14. The maximum absolute atomic E-state index is 5.78. The van der Waals surface area contributed by atoms with Gasteiger partial charge >= 0.3 is 0 Å². The van der Waals surface area contributed by atoms with E-state index in [-0.39, 0.29) is 12.4 Å². The highest BCUT2D eigenvalue weighted by Gasteiger charge is 1.96. The predicted octanol–water partition coefficient (Wildman–Crippen LogP) is 1.67. The van der Waals surface area contributed by atoms with Crippen molar-refractivity contribution >= 4 is 56.3 Å². The minimum Gasteiger partial charge on any atom is -0.147 e. The first-order valence-corrected chi connectivity index (χ1v) is 4.38. The van der Waals surface area contributed by atoms with Gasteiger partial charge in [-0.25, -0.2) is 0 Å². The largest absolute Gasteiger partial charge is 0.261 e. The van der Waals surface area contributed by atoms with Gasteiger partial charge in [0, 0.05) is 5.02 Å². The Labute approximate surface area is 84.4 Å². The quantitative estimate of drug-likeness (QED) is 0.573.